The van der Waals surface area contributed by atoms with Gasteiger partial charge in [-0.15, -0.1) is 0 Å². The molecule has 2 atom stereocenters. The minimum Gasteiger partial charge on any atom is -0.321 e. The van der Waals surface area contributed by atoms with E-state index in [1.165, 1.54) is 5.56 Å². The molecule has 1 aliphatic rings. The molecule has 0 fully saturated rings. The second-order valence-electron chi connectivity index (χ2n) is 7.82. The average Bonchev–Trinajstić information content (AvgIpc) is 2.73. The molecule has 2 aromatic carbocycles. The van der Waals surface area contributed by atoms with Crippen LogP contribution >= 0.6 is 23.2 Å². The van der Waals surface area contributed by atoms with E-state index >= 15 is 0 Å². The van der Waals surface area contributed by atoms with Crippen molar-refractivity contribution < 1.29 is 0 Å². The third-order valence-electron chi connectivity index (χ3n) is 5.46. The van der Waals surface area contributed by atoms with Gasteiger partial charge in [-0.3, -0.25) is 0 Å². The van der Waals surface area contributed by atoms with E-state index in [2.05, 4.69) is 28.1 Å². The number of hydrogen-bond donors (Lipinski definition) is 1. The summed E-state index contributed by atoms with van der Waals surface area (Å²) in [5.74, 6) is 0.888. The third kappa shape index (κ3) is 4.17. The molecule has 0 amide bonds. The van der Waals surface area contributed by atoms with Crippen molar-refractivity contribution in [2.24, 2.45) is 5.73 Å². The minimum absolute atomic E-state index is 0.178. The lowest BCUT2D eigenvalue weighted by atomic mass is 9.78. The van der Waals surface area contributed by atoms with E-state index in [4.69, 9.17) is 33.9 Å². The zero-order chi connectivity index (χ0) is 20.5. The Kier molecular flexibility index (Phi) is 5.88. The van der Waals surface area contributed by atoms with Crippen LogP contribution in [0.3, 0.4) is 0 Å². The quantitative estimate of drug-likeness (QED) is 0.616. The maximum Gasteiger partial charge on any atom is 0.145 e. The monoisotopic (exact) mass is 426 g/mol. The highest BCUT2D eigenvalue weighted by Crippen LogP contribution is 2.42. The van der Waals surface area contributed by atoms with E-state index in [1.54, 1.807) is 0 Å². The van der Waals surface area contributed by atoms with Crippen molar-refractivity contribution in [3.8, 4) is 11.3 Å². The van der Waals surface area contributed by atoms with Crippen LogP contribution in [0.4, 0.5) is 0 Å². The topological polar surface area (TPSA) is 55.0 Å². The van der Waals surface area contributed by atoms with Crippen LogP contribution in [0.25, 0.3) is 11.3 Å². The molecule has 0 aliphatic heterocycles. The van der Waals surface area contributed by atoms with Crippen molar-refractivity contribution in [1.82, 2.24) is 14.9 Å². The van der Waals surface area contributed by atoms with Crippen molar-refractivity contribution in [3.63, 3.8) is 0 Å². The lowest BCUT2D eigenvalue weighted by Gasteiger charge is -2.28. The Morgan fingerprint density at radius 3 is 2.69 bits per heavy atom. The average molecular weight is 427 g/mol. The van der Waals surface area contributed by atoms with Gasteiger partial charge < -0.3 is 10.6 Å². The summed E-state index contributed by atoms with van der Waals surface area (Å²) in [6, 6.07) is 14.1. The van der Waals surface area contributed by atoms with Gasteiger partial charge in [-0.25, -0.2) is 9.97 Å². The van der Waals surface area contributed by atoms with Gasteiger partial charge in [0.2, 0.25) is 0 Å². The maximum atomic E-state index is 6.37. The molecule has 150 valence electrons. The fourth-order valence-corrected chi connectivity index (χ4v) is 4.19. The number of fused-ring (bicyclic) bond motifs is 3. The molecule has 6 heteroatoms. The summed E-state index contributed by atoms with van der Waals surface area (Å²) in [4.78, 5) is 11.6. The molecule has 1 aromatic heterocycles. The molecule has 2 N–H and O–H groups in total. The van der Waals surface area contributed by atoms with Crippen LogP contribution in [0.1, 0.15) is 40.9 Å². The molecular formula is C23H24Cl2N4. The lowest BCUT2D eigenvalue weighted by Crippen LogP contribution is -2.23. The van der Waals surface area contributed by atoms with E-state index < -0.39 is 0 Å². The first-order chi connectivity index (χ1) is 13.9. The van der Waals surface area contributed by atoms with Crippen LogP contribution in [0.15, 0.2) is 48.7 Å². The second-order valence-corrected chi connectivity index (χ2v) is 8.63. The highest BCUT2D eigenvalue weighted by atomic mass is 35.5. The Morgan fingerprint density at radius 1 is 1.14 bits per heavy atom. The first-order valence-corrected chi connectivity index (χ1v) is 10.5. The van der Waals surface area contributed by atoms with E-state index in [-0.39, 0.29) is 12.0 Å². The number of halogens is 2. The first kappa shape index (κ1) is 20.3. The van der Waals surface area contributed by atoms with Crippen LogP contribution in [-0.2, 0) is 6.42 Å². The second kappa shape index (κ2) is 8.41. The molecule has 0 spiro atoms. The SMILES string of the molecule is CN(C)CCC(N)c1ncc2c(n1)-c1ccccc1C(c1ccc(Cl)c(Cl)c1)C2. The predicted molar refractivity (Wildman–Crippen MR) is 120 cm³/mol. The molecular weight excluding hydrogens is 403 g/mol. The number of hydrogen-bond acceptors (Lipinski definition) is 4. The summed E-state index contributed by atoms with van der Waals surface area (Å²) in [6.45, 7) is 0.900. The van der Waals surface area contributed by atoms with E-state index in [9.17, 15) is 0 Å². The molecule has 3 aromatic rings. The van der Waals surface area contributed by atoms with Crippen molar-refractivity contribution in [3.05, 3.63) is 81.2 Å². The third-order valence-corrected chi connectivity index (χ3v) is 6.20. The highest BCUT2D eigenvalue weighted by Gasteiger charge is 2.28. The molecule has 2 unspecified atom stereocenters. The molecule has 4 nitrogen and oxygen atoms in total. The number of benzene rings is 2. The van der Waals surface area contributed by atoms with Gasteiger partial charge in [-0.1, -0.05) is 53.5 Å². The van der Waals surface area contributed by atoms with Crippen LogP contribution < -0.4 is 5.73 Å². The van der Waals surface area contributed by atoms with Crippen molar-refractivity contribution in [1.29, 1.82) is 0 Å². The Morgan fingerprint density at radius 2 is 1.93 bits per heavy atom. The smallest absolute Gasteiger partial charge is 0.145 e. The zero-order valence-corrected chi connectivity index (χ0v) is 18.1. The predicted octanol–water partition coefficient (Wildman–Crippen LogP) is 5.09. The largest absolute Gasteiger partial charge is 0.321 e. The standard InChI is InChI=1S/C23H24Cl2N4/c1-29(2)10-9-21(26)23-27-13-15-11-18(14-7-8-19(24)20(25)12-14)16-5-3-4-6-17(16)22(15)28-23/h3-8,12-13,18,21H,9-11,26H2,1-2H3. The van der Waals surface area contributed by atoms with Gasteiger partial charge in [0.1, 0.15) is 5.82 Å². The van der Waals surface area contributed by atoms with Gasteiger partial charge in [0.15, 0.2) is 0 Å². The van der Waals surface area contributed by atoms with Crippen molar-refractivity contribution in [2.45, 2.75) is 24.8 Å². The summed E-state index contributed by atoms with van der Waals surface area (Å²) >= 11 is 12.4. The molecule has 4 rings (SSSR count). The fraction of sp³-hybridized carbons (Fsp3) is 0.304. The molecule has 0 radical (unpaired) electrons. The Balaban J connectivity index is 1.73. The van der Waals surface area contributed by atoms with Crippen LogP contribution in [-0.4, -0.2) is 35.5 Å². The minimum atomic E-state index is -0.178. The van der Waals surface area contributed by atoms with Gasteiger partial charge in [0, 0.05) is 17.7 Å². The number of rotatable bonds is 5. The van der Waals surface area contributed by atoms with Gasteiger partial charge in [0.25, 0.3) is 0 Å². The molecule has 0 saturated heterocycles. The maximum absolute atomic E-state index is 6.37. The number of nitrogens with two attached hydrogens (primary N) is 1. The summed E-state index contributed by atoms with van der Waals surface area (Å²) in [6.07, 6.45) is 3.57. The summed E-state index contributed by atoms with van der Waals surface area (Å²) in [7, 11) is 4.08. The highest BCUT2D eigenvalue weighted by molar-refractivity contribution is 6.42. The molecule has 1 heterocycles. The van der Waals surface area contributed by atoms with Crippen LogP contribution in [0, 0.1) is 0 Å². The summed E-state index contributed by atoms with van der Waals surface area (Å²) in [5, 5.41) is 1.14. The number of nitrogens with zero attached hydrogens (tertiary/aromatic N) is 3. The lowest BCUT2D eigenvalue weighted by molar-refractivity contribution is 0.379. The van der Waals surface area contributed by atoms with Gasteiger partial charge in [-0.05, 0) is 62.3 Å². The Bertz CT molecular complexity index is 1040. The summed E-state index contributed by atoms with van der Waals surface area (Å²) < 4.78 is 0. The van der Waals surface area contributed by atoms with Crippen LogP contribution in [0.2, 0.25) is 10.0 Å². The van der Waals surface area contributed by atoms with Gasteiger partial charge in [0.05, 0.1) is 21.8 Å². The summed E-state index contributed by atoms with van der Waals surface area (Å²) in [5.41, 5.74) is 12.0. The zero-order valence-electron chi connectivity index (χ0n) is 16.6. The molecule has 0 saturated carbocycles. The Labute approximate surface area is 181 Å². The number of aromatic nitrogens is 2. The first-order valence-electron chi connectivity index (χ1n) is 9.74. The Hall–Kier alpha value is -1.98. The van der Waals surface area contributed by atoms with Crippen molar-refractivity contribution >= 4 is 23.2 Å². The van der Waals surface area contributed by atoms with Crippen molar-refractivity contribution in [2.75, 3.05) is 20.6 Å². The normalized spacial score (nSPS) is 16.4. The van der Waals surface area contributed by atoms with E-state index in [0.29, 0.717) is 15.9 Å². The van der Waals surface area contributed by atoms with E-state index in [0.717, 1.165) is 41.8 Å². The van der Waals surface area contributed by atoms with Gasteiger partial charge >= 0.3 is 0 Å². The molecule has 29 heavy (non-hydrogen) atoms. The van der Waals surface area contributed by atoms with Gasteiger partial charge in [-0.2, -0.15) is 0 Å². The fourth-order valence-electron chi connectivity index (χ4n) is 3.88. The van der Waals surface area contributed by atoms with E-state index in [1.807, 2.05) is 44.6 Å². The molecule has 0 bridgehead atoms. The molecule has 1 aliphatic carbocycles. The van der Waals surface area contributed by atoms with Crippen LogP contribution in [0.5, 0.6) is 0 Å².